The van der Waals surface area contributed by atoms with Gasteiger partial charge in [0.05, 0.1) is 0 Å². The minimum absolute atomic E-state index is 0.367. The number of hydrogen-bond donors (Lipinski definition) is 2. The van der Waals surface area contributed by atoms with Gasteiger partial charge in [-0.1, -0.05) is 85.4 Å². The summed E-state index contributed by atoms with van der Waals surface area (Å²) in [5.41, 5.74) is 0.149. The second-order valence-electron chi connectivity index (χ2n) is 8.81. The summed E-state index contributed by atoms with van der Waals surface area (Å²) in [7, 11) is 0. The predicted molar refractivity (Wildman–Crippen MR) is 143 cm³/mol. The van der Waals surface area contributed by atoms with Crippen molar-refractivity contribution in [2.24, 2.45) is 0 Å². The van der Waals surface area contributed by atoms with Crippen LogP contribution in [0.5, 0.6) is 5.75 Å². The molecule has 1 heterocycles. The Kier molecular flexibility index (Phi) is 7.69. The van der Waals surface area contributed by atoms with Gasteiger partial charge in [-0.05, 0) is 35.8 Å². The molecule has 37 heavy (non-hydrogen) atoms. The number of nitrogens with zero attached hydrogens (tertiary/aromatic N) is 1. The first-order chi connectivity index (χ1) is 17.7. The van der Waals surface area contributed by atoms with Gasteiger partial charge in [0, 0.05) is 6.92 Å². The third-order valence-electron chi connectivity index (χ3n) is 5.97. The number of likely N-dealkylation sites (tertiary alicyclic amines) is 1. The van der Waals surface area contributed by atoms with Gasteiger partial charge in [-0.15, -0.1) is 12.6 Å². The summed E-state index contributed by atoms with van der Waals surface area (Å²) in [4.78, 5) is 40.5. The van der Waals surface area contributed by atoms with E-state index in [9.17, 15) is 14.4 Å². The van der Waals surface area contributed by atoms with Crippen LogP contribution < -0.4 is 10.1 Å². The molecule has 0 aromatic heterocycles. The van der Waals surface area contributed by atoms with Crippen LogP contribution in [0.25, 0.3) is 0 Å². The fourth-order valence-electron chi connectivity index (χ4n) is 4.29. The number of β-lactam (4-membered cyclic amide) rings is 1. The summed E-state index contributed by atoms with van der Waals surface area (Å²) in [5.74, 6) is -1.42. The monoisotopic (exact) mass is 516 g/mol. The van der Waals surface area contributed by atoms with E-state index in [1.54, 1.807) is 37.3 Å². The fourth-order valence-corrected chi connectivity index (χ4v) is 4.76. The van der Waals surface area contributed by atoms with Crippen LogP contribution in [-0.4, -0.2) is 39.8 Å². The average molecular weight is 517 g/mol. The maximum absolute atomic E-state index is 13.6. The Morgan fingerprint density at radius 1 is 0.919 bits per heavy atom. The molecular weight excluding hydrogens is 488 g/mol. The number of carbonyl (C=O) groups excluding carboxylic acids is 3. The van der Waals surface area contributed by atoms with Gasteiger partial charge in [-0.25, -0.2) is 4.79 Å². The zero-order valence-corrected chi connectivity index (χ0v) is 21.4. The molecule has 3 aromatic carbocycles. The van der Waals surface area contributed by atoms with E-state index in [2.05, 4.69) is 24.5 Å². The van der Waals surface area contributed by atoms with E-state index in [0.29, 0.717) is 11.3 Å². The van der Waals surface area contributed by atoms with Gasteiger partial charge in [0.1, 0.15) is 11.1 Å². The molecule has 2 amide bonds. The fraction of sp³-hybridized carbons (Fsp3) is 0.207. The Bertz CT molecular complexity index is 1250. The van der Waals surface area contributed by atoms with Crippen molar-refractivity contribution >= 4 is 30.4 Å². The van der Waals surface area contributed by atoms with Crippen molar-refractivity contribution in [3.8, 4) is 5.75 Å². The normalized spacial score (nSPS) is 19.5. The lowest BCUT2D eigenvalue weighted by Crippen LogP contribution is -2.83. The number of esters is 1. The van der Waals surface area contributed by atoms with Crippen LogP contribution >= 0.6 is 12.6 Å². The van der Waals surface area contributed by atoms with Crippen molar-refractivity contribution in [1.82, 2.24) is 10.2 Å². The summed E-state index contributed by atoms with van der Waals surface area (Å²) in [6.45, 7) is 6.85. The molecule has 4 rings (SSSR count). The number of hydrogen-bond acceptors (Lipinski definition) is 6. The third kappa shape index (κ3) is 5.24. The molecule has 1 aliphatic rings. The number of rotatable bonds is 9. The molecule has 190 valence electrons. The first-order valence-corrected chi connectivity index (χ1v) is 12.3. The molecule has 0 aliphatic carbocycles. The van der Waals surface area contributed by atoms with Crippen molar-refractivity contribution in [3.05, 3.63) is 114 Å². The van der Waals surface area contributed by atoms with Gasteiger partial charge in [0.15, 0.2) is 12.1 Å². The second kappa shape index (κ2) is 10.9. The lowest BCUT2D eigenvalue weighted by Gasteiger charge is -2.54. The Labute approximate surface area is 221 Å². The molecule has 7 nitrogen and oxygen atoms in total. The van der Waals surface area contributed by atoms with E-state index in [0.717, 1.165) is 11.1 Å². The lowest BCUT2D eigenvalue weighted by atomic mass is 9.95. The molecule has 0 saturated carbocycles. The molecule has 3 atom stereocenters. The van der Waals surface area contributed by atoms with Crippen LogP contribution in [0.4, 0.5) is 0 Å². The maximum Gasteiger partial charge on any atom is 0.334 e. The van der Waals surface area contributed by atoms with Crippen LogP contribution in [0.1, 0.15) is 31.1 Å². The van der Waals surface area contributed by atoms with Gasteiger partial charge in [0.25, 0.3) is 11.6 Å². The Morgan fingerprint density at radius 2 is 1.41 bits per heavy atom. The lowest BCUT2D eigenvalue weighted by molar-refractivity contribution is -0.191. The van der Waals surface area contributed by atoms with E-state index in [4.69, 9.17) is 9.47 Å². The topological polar surface area (TPSA) is 84.9 Å². The summed E-state index contributed by atoms with van der Waals surface area (Å²) in [5, 5.41) is 1.59. The number of para-hydroxylation sites is 1. The van der Waals surface area contributed by atoms with E-state index >= 15 is 0 Å². The van der Waals surface area contributed by atoms with Gasteiger partial charge < -0.3 is 19.7 Å². The highest BCUT2D eigenvalue weighted by molar-refractivity contribution is 7.81. The van der Waals surface area contributed by atoms with Crippen molar-refractivity contribution in [2.45, 2.75) is 37.1 Å². The van der Waals surface area contributed by atoms with E-state index < -0.39 is 41.0 Å². The molecule has 8 heteroatoms. The largest absolute Gasteiger partial charge is 0.455 e. The summed E-state index contributed by atoms with van der Waals surface area (Å²) in [6, 6.07) is 26.1. The molecule has 1 N–H and O–H groups in total. The summed E-state index contributed by atoms with van der Waals surface area (Å²) < 4.78 is 12.0. The second-order valence-corrected chi connectivity index (χ2v) is 9.29. The predicted octanol–water partition coefficient (Wildman–Crippen LogP) is 4.27. The number of amides is 2. The molecule has 0 spiro atoms. The van der Waals surface area contributed by atoms with Crippen LogP contribution in [0, 0.1) is 0 Å². The average Bonchev–Trinajstić information content (AvgIpc) is 2.90. The zero-order valence-electron chi connectivity index (χ0n) is 20.5. The first-order valence-electron chi connectivity index (χ1n) is 11.7. The van der Waals surface area contributed by atoms with E-state index in [1.165, 1.54) is 11.8 Å². The van der Waals surface area contributed by atoms with Gasteiger partial charge in [0.2, 0.25) is 5.91 Å². The van der Waals surface area contributed by atoms with Crippen molar-refractivity contribution < 1.29 is 23.9 Å². The molecule has 0 radical (unpaired) electrons. The van der Waals surface area contributed by atoms with Crippen molar-refractivity contribution in [2.75, 3.05) is 0 Å². The highest BCUT2D eigenvalue weighted by Gasteiger charge is 2.66. The maximum atomic E-state index is 13.6. The molecular formula is C29H28N2O5S. The van der Waals surface area contributed by atoms with Crippen molar-refractivity contribution in [1.29, 1.82) is 0 Å². The molecule has 3 unspecified atom stereocenters. The highest BCUT2D eigenvalue weighted by atomic mass is 32.1. The van der Waals surface area contributed by atoms with Crippen LogP contribution in [0.3, 0.4) is 0 Å². The van der Waals surface area contributed by atoms with E-state index in [1.807, 2.05) is 60.7 Å². The van der Waals surface area contributed by atoms with Gasteiger partial charge >= 0.3 is 5.97 Å². The van der Waals surface area contributed by atoms with Crippen LogP contribution in [-0.2, 0) is 19.1 Å². The standard InChI is InChI=1S/C29H28N2O5S/c1-19(2)24(26(33)35-25(21-13-7-4-8-14-21)22-15-9-5-10-16-22)31-27(34)29(28(31)37,30-20(3)32)36-23-17-11-6-12-18-23/h4-18,24-25,28,37H,1H2,2-3H3,(H,30,32). The molecule has 1 aliphatic heterocycles. The van der Waals surface area contributed by atoms with Crippen LogP contribution in [0.2, 0.25) is 0 Å². The molecule has 1 fully saturated rings. The number of carbonyl (C=O) groups is 3. The third-order valence-corrected chi connectivity index (χ3v) is 6.58. The Morgan fingerprint density at radius 3 is 1.84 bits per heavy atom. The number of thiol groups is 1. The minimum atomic E-state index is -1.79. The highest BCUT2D eigenvalue weighted by Crippen LogP contribution is 2.40. The van der Waals surface area contributed by atoms with Crippen LogP contribution in [0.15, 0.2) is 103 Å². The number of benzene rings is 3. The molecule has 1 saturated heterocycles. The minimum Gasteiger partial charge on any atom is -0.455 e. The first kappa shape index (κ1) is 26.0. The molecule has 0 bridgehead atoms. The summed E-state index contributed by atoms with van der Waals surface area (Å²) >= 11 is 4.60. The van der Waals surface area contributed by atoms with E-state index in [-0.39, 0.29) is 0 Å². The Hall–Kier alpha value is -4.04. The van der Waals surface area contributed by atoms with Gasteiger partial charge in [-0.3, -0.25) is 9.59 Å². The Balaban J connectivity index is 1.63. The smallest absolute Gasteiger partial charge is 0.334 e. The number of nitrogens with one attached hydrogen (secondary N) is 1. The van der Waals surface area contributed by atoms with Crippen molar-refractivity contribution in [3.63, 3.8) is 0 Å². The summed E-state index contributed by atoms with van der Waals surface area (Å²) in [6.07, 6.45) is -0.702. The van der Waals surface area contributed by atoms with Gasteiger partial charge in [-0.2, -0.15) is 0 Å². The zero-order chi connectivity index (χ0) is 26.6. The number of ether oxygens (including phenoxy) is 2. The molecule has 3 aromatic rings. The SMILES string of the molecule is C=C(C)C(C(=O)OC(c1ccccc1)c1ccccc1)N1C(=O)C(NC(C)=O)(Oc2ccccc2)C1S. The quantitative estimate of drug-likeness (QED) is 0.146.